The molecule has 0 fully saturated rings. The highest BCUT2D eigenvalue weighted by molar-refractivity contribution is 6.30. The zero-order chi connectivity index (χ0) is 18.2. The number of nitrogens with one attached hydrogen (secondary N) is 2. The quantitative estimate of drug-likeness (QED) is 0.704. The average molecular weight is 361 g/mol. The Bertz CT molecular complexity index is 701. The van der Waals surface area contributed by atoms with Crippen molar-refractivity contribution < 1.29 is 9.53 Å². The fourth-order valence-electron chi connectivity index (χ4n) is 2.49. The Hall–Kier alpha value is -2.04. The summed E-state index contributed by atoms with van der Waals surface area (Å²) in [6.45, 7) is 7.26. The van der Waals surface area contributed by atoms with E-state index in [1.54, 1.807) is 0 Å². The Kier molecular flexibility index (Phi) is 7.29. The molecular formula is C20H25ClN2O2. The molecule has 1 amide bonds. The summed E-state index contributed by atoms with van der Waals surface area (Å²) >= 11 is 5.88. The van der Waals surface area contributed by atoms with Crippen molar-refractivity contribution in [1.82, 2.24) is 10.6 Å². The van der Waals surface area contributed by atoms with Crippen molar-refractivity contribution in [2.24, 2.45) is 0 Å². The third-order valence-corrected chi connectivity index (χ3v) is 4.20. The summed E-state index contributed by atoms with van der Waals surface area (Å²) in [5.74, 6) is 0.805. The van der Waals surface area contributed by atoms with E-state index in [-0.39, 0.29) is 18.5 Å². The van der Waals surface area contributed by atoms with Crippen molar-refractivity contribution in [3.05, 3.63) is 64.2 Å². The molecule has 0 aliphatic rings. The molecule has 4 nitrogen and oxygen atoms in total. The minimum atomic E-state index is -0.0509. The number of amides is 1. The number of hydrogen-bond donors (Lipinski definition) is 2. The number of benzene rings is 2. The molecule has 0 heterocycles. The molecular weight excluding hydrogens is 336 g/mol. The number of carbonyl (C=O) groups is 1. The van der Waals surface area contributed by atoms with E-state index in [1.165, 1.54) is 5.56 Å². The second kappa shape index (κ2) is 9.44. The van der Waals surface area contributed by atoms with Gasteiger partial charge >= 0.3 is 0 Å². The molecule has 0 unspecified atom stereocenters. The van der Waals surface area contributed by atoms with Crippen LogP contribution in [0, 0.1) is 13.8 Å². The van der Waals surface area contributed by atoms with Gasteiger partial charge in [0.15, 0.2) is 0 Å². The number of aryl methyl sites for hydroxylation is 2. The zero-order valence-electron chi connectivity index (χ0n) is 14.9. The van der Waals surface area contributed by atoms with Crippen LogP contribution in [0.3, 0.4) is 0 Å². The third kappa shape index (κ3) is 6.40. The molecule has 25 heavy (non-hydrogen) atoms. The highest BCUT2D eigenvalue weighted by Gasteiger charge is 2.07. The first-order valence-corrected chi connectivity index (χ1v) is 8.79. The third-order valence-electron chi connectivity index (χ3n) is 3.95. The van der Waals surface area contributed by atoms with Gasteiger partial charge in [0.05, 0.1) is 13.1 Å². The van der Waals surface area contributed by atoms with Crippen LogP contribution in [0.2, 0.25) is 5.02 Å². The standard InChI is InChI=1S/C20H25ClN2O2/c1-14-4-9-19(15(2)12-14)25-11-10-22-20(24)13-23-16(3)17-5-7-18(21)8-6-17/h4-9,12,16,23H,10-11,13H2,1-3H3,(H,22,24)/t16-/m0/s1. The lowest BCUT2D eigenvalue weighted by atomic mass is 10.1. The zero-order valence-corrected chi connectivity index (χ0v) is 15.7. The van der Waals surface area contributed by atoms with Gasteiger partial charge in [-0.2, -0.15) is 0 Å². The lowest BCUT2D eigenvalue weighted by molar-refractivity contribution is -0.120. The van der Waals surface area contributed by atoms with Crippen molar-refractivity contribution in [2.75, 3.05) is 19.7 Å². The maximum absolute atomic E-state index is 11.9. The van der Waals surface area contributed by atoms with Crippen LogP contribution in [0.5, 0.6) is 5.75 Å². The Balaban J connectivity index is 1.66. The first kappa shape index (κ1) is 19.3. The summed E-state index contributed by atoms with van der Waals surface area (Å²) in [7, 11) is 0. The Morgan fingerprint density at radius 3 is 2.56 bits per heavy atom. The van der Waals surface area contributed by atoms with Gasteiger partial charge in [0, 0.05) is 11.1 Å². The average Bonchev–Trinajstić information content (AvgIpc) is 2.58. The fourth-order valence-corrected chi connectivity index (χ4v) is 2.62. The molecule has 2 rings (SSSR count). The number of halogens is 1. The molecule has 2 aromatic carbocycles. The SMILES string of the molecule is Cc1ccc(OCCNC(=O)CN[C@@H](C)c2ccc(Cl)cc2)c(C)c1. The molecule has 0 radical (unpaired) electrons. The smallest absolute Gasteiger partial charge is 0.234 e. The normalized spacial score (nSPS) is 11.8. The van der Waals surface area contributed by atoms with E-state index in [1.807, 2.05) is 50.2 Å². The summed E-state index contributed by atoms with van der Waals surface area (Å²) in [6, 6.07) is 13.7. The van der Waals surface area contributed by atoms with Gasteiger partial charge in [-0.1, -0.05) is 41.4 Å². The molecule has 2 aromatic rings. The minimum Gasteiger partial charge on any atom is -0.491 e. The van der Waals surface area contributed by atoms with Gasteiger partial charge in [-0.3, -0.25) is 4.79 Å². The Morgan fingerprint density at radius 1 is 1.16 bits per heavy atom. The number of rotatable bonds is 8. The monoisotopic (exact) mass is 360 g/mol. The van der Waals surface area contributed by atoms with Crippen LogP contribution in [0.1, 0.15) is 29.7 Å². The van der Waals surface area contributed by atoms with Crippen molar-refractivity contribution in [1.29, 1.82) is 0 Å². The van der Waals surface area contributed by atoms with Crippen molar-refractivity contribution in [3.63, 3.8) is 0 Å². The fraction of sp³-hybridized carbons (Fsp3) is 0.350. The van der Waals surface area contributed by atoms with Gasteiger partial charge < -0.3 is 15.4 Å². The van der Waals surface area contributed by atoms with E-state index in [0.717, 1.165) is 16.9 Å². The molecule has 0 aliphatic heterocycles. The van der Waals surface area contributed by atoms with Gasteiger partial charge in [0.2, 0.25) is 5.91 Å². The molecule has 134 valence electrons. The summed E-state index contributed by atoms with van der Waals surface area (Å²) in [6.07, 6.45) is 0. The highest BCUT2D eigenvalue weighted by atomic mass is 35.5. The topological polar surface area (TPSA) is 50.4 Å². The molecule has 0 saturated carbocycles. The van der Waals surface area contributed by atoms with Crippen LogP contribution in [0.4, 0.5) is 0 Å². The van der Waals surface area contributed by atoms with E-state index in [0.29, 0.717) is 18.2 Å². The van der Waals surface area contributed by atoms with E-state index < -0.39 is 0 Å². The van der Waals surface area contributed by atoms with Gasteiger partial charge in [-0.15, -0.1) is 0 Å². The van der Waals surface area contributed by atoms with Crippen LogP contribution in [-0.4, -0.2) is 25.6 Å². The number of carbonyl (C=O) groups excluding carboxylic acids is 1. The van der Waals surface area contributed by atoms with Crippen LogP contribution in [-0.2, 0) is 4.79 Å². The maximum atomic E-state index is 11.9. The maximum Gasteiger partial charge on any atom is 0.234 e. The Morgan fingerprint density at radius 2 is 1.88 bits per heavy atom. The van der Waals surface area contributed by atoms with E-state index in [9.17, 15) is 4.79 Å². The van der Waals surface area contributed by atoms with Crippen LogP contribution in [0.15, 0.2) is 42.5 Å². The lowest BCUT2D eigenvalue weighted by Gasteiger charge is -2.14. The molecule has 2 N–H and O–H groups in total. The lowest BCUT2D eigenvalue weighted by Crippen LogP contribution is -2.37. The Labute approximate surface area is 154 Å². The number of ether oxygens (including phenoxy) is 1. The van der Waals surface area contributed by atoms with Crippen LogP contribution >= 0.6 is 11.6 Å². The van der Waals surface area contributed by atoms with Crippen LogP contribution in [0.25, 0.3) is 0 Å². The van der Waals surface area contributed by atoms with Gasteiger partial charge in [0.25, 0.3) is 0 Å². The predicted octanol–water partition coefficient (Wildman–Crippen LogP) is 3.80. The molecule has 5 heteroatoms. The predicted molar refractivity (Wildman–Crippen MR) is 102 cm³/mol. The second-order valence-electron chi connectivity index (χ2n) is 6.12. The minimum absolute atomic E-state index is 0.0509. The summed E-state index contributed by atoms with van der Waals surface area (Å²) < 4.78 is 5.70. The molecule has 0 aliphatic carbocycles. The summed E-state index contributed by atoms with van der Waals surface area (Å²) in [5, 5.41) is 6.75. The molecule has 0 aromatic heterocycles. The van der Waals surface area contributed by atoms with E-state index in [2.05, 4.69) is 23.6 Å². The number of hydrogen-bond acceptors (Lipinski definition) is 3. The first-order valence-electron chi connectivity index (χ1n) is 8.41. The van der Waals surface area contributed by atoms with Gasteiger partial charge in [0.1, 0.15) is 12.4 Å². The first-order chi connectivity index (χ1) is 12.0. The van der Waals surface area contributed by atoms with Gasteiger partial charge in [-0.25, -0.2) is 0 Å². The largest absolute Gasteiger partial charge is 0.491 e. The highest BCUT2D eigenvalue weighted by Crippen LogP contribution is 2.18. The van der Waals surface area contributed by atoms with Gasteiger partial charge in [-0.05, 0) is 50.1 Å². The van der Waals surface area contributed by atoms with Crippen molar-refractivity contribution in [2.45, 2.75) is 26.8 Å². The second-order valence-corrected chi connectivity index (χ2v) is 6.56. The van der Waals surface area contributed by atoms with Crippen molar-refractivity contribution >= 4 is 17.5 Å². The molecule has 0 saturated heterocycles. The molecule has 1 atom stereocenters. The van der Waals surface area contributed by atoms with Crippen LogP contribution < -0.4 is 15.4 Å². The molecule has 0 bridgehead atoms. The summed E-state index contributed by atoms with van der Waals surface area (Å²) in [5.41, 5.74) is 3.40. The summed E-state index contributed by atoms with van der Waals surface area (Å²) in [4.78, 5) is 11.9. The van der Waals surface area contributed by atoms with E-state index >= 15 is 0 Å². The van der Waals surface area contributed by atoms with E-state index in [4.69, 9.17) is 16.3 Å². The molecule has 0 spiro atoms. The van der Waals surface area contributed by atoms with Crippen molar-refractivity contribution in [3.8, 4) is 5.75 Å².